The molecule has 4 aromatic rings. The number of aromatic nitrogens is 2. The summed E-state index contributed by atoms with van der Waals surface area (Å²) in [7, 11) is 0. The van der Waals surface area contributed by atoms with Gasteiger partial charge in [-0.3, -0.25) is 4.98 Å². The fourth-order valence-corrected chi connectivity index (χ4v) is 2.79. The monoisotopic (exact) mass is 340 g/mol. The van der Waals surface area contributed by atoms with E-state index in [1.807, 2.05) is 54.6 Å². The number of aromatic hydroxyl groups is 2. The summed E-state index contributed by atoms with van der Waals surface area (Å²) in [6.45, 7) is 0. The van der Waals surface area contributed by atoms with Gasteiger partial charge in [-0.25, -0.2) is 4.98 Å². The highest BCUT2D eigenvalue weighted by Gasteiger charge is 2.13. The number of nitrogens with zero attached hydrogens (tertiary/aromatic N) is 2. The Morgan fingerprint density at radius 1 is 0.538 bits per heavy atom. The lowest BCUT2D eigenvalue weighted by molar-refractivity contribution is 0.475. The van der Waals surface area contributed by atoms with Crippen molar-refractivity contribution in [2.75, 3.05) is 0 Å². The summed E-state index contributed by atoms with van der Waals surface area (Å²) in [5.74, 6) is 0.425. The van der Waals surface area contributed by atoms with Crippen LogP contribution in [0.3, 0.4) is 0 Å². The van der Waals surface area contributed by atoms with E-state index in [4.69, 9.17) is 4.98 Å². The van der Waals surface area contributed by atoms with Gasteiger partial charge in [0.25, 0.3) is 0 Å². The van der Waals surface area contributed by atoms with Gasteiger partial charge in [-0.2, -0.15) is 0 Å². The van der Waals surface area contributed by atoms with Crippen LogP contribution in [0.5, 0.6) is 11.5 Å². The molecule has 0 radical (unpaired) electrons. The van der Waals surface area contributed by atoms with E-state index in [9.17, 15) is 10.2 Å². The standard InChI is InChI=1S/C22H16N2O2/c25-18-10-6-15(7-11-18)20-14-23-21(17-8-12-19(26)13-9-17)22(24-20)16-4-2-1-3-5-16/h1-14,25-26H. The Bertz CT molecular complexity index is 1030. The maximum absolute atomic E-state index is 9.55. The molecule has 0 spiro atoms. The van der Waals surface area contributed by atoms with Crippen molar-refractivity contribution in [3.63, 3.8) is 0 Å². The first-order chi connectivity index (χ1) is 12.7. The van der Waals surface area contributed by atoms with E-state index in [1.165, 1.54) is 0 Å². The Morgan fingerprint density at radius 2 is 1.08 bits per heavy atom. The highest BCUT2D eigenvalue weighted by atomic mass is 16.3. The molecule has 0 unspecified atom stereocenters. The lowest BCUT2D eigenvalue weighted by Gasteiger charge is -2.11. The number of phenolic OH excluding ortho intramolecular Hbond substituents is 2. The highest BCUT2D eigenvalue weighted by molar-refractivity contribution is 5.79. The van der Waals surface area contributed by atoms with E-state index in [2.05, 4.69) is 4.98 Å². The van der Waals surface area contributed by atoms with Crippen molar-refractivity contribution >= 4 is 0 Å². The topological polar surface area (TPSA) is 66.2 Å². The van der Waals surface area contributed by atoms with Crippen molar-refractivity contribution in [2.45, 2.75) is 0 Å². The summed E-state index contributed by atoms with van der Waals surface area (Å²) < 4.78 is 0. The molecule has 0 amide bonds. The molecule has 0 bridgehead atoms. The molecule has 0 aliphatic carbocycles. The van der Waals surface area contributed by atoms with Gasteiger partial charge in [-0.15, -0.1) is 0 Å². The smallest absolute Gasteiger partial charge is 0.115 e. The van der Waals surface area contributed by atoms with Gasteiger partial charge in [-0.1, -0.05) is 30.3 Å². The number of hydrogen-bond acceptors (Lipinski definition) is 4. The van der Waals surface area contributed by atoms with Crippen LogP contribution in [0.15, 0.2) is 85.1 Å². The van der Waals surface area contributed by atoms with Crippen molar-refractivity contribution in [1.29, 1.82) is 0 Å². The Labute approximate surface area is 151 Å². The molecule has 3 aromatic carbocycles. The summed E-state index contributed by atoms with van der Waals surface area (Å²) in [6, 6.07) is 23.7. The predicted molar refractivity (Wildman–Crippen MR) is 102 cm³/mol. The number of phenols is 2. The lowest BCUT2D eigenvalue weighted by atomic mass is 10.0. The minimum Gasteiger partial charge on any atom is -0.508 e. The third-order valence-electron chi connectivity index (χ3n) is 4.12. The van der Waals surface area contributed by atoms with Crippen LogP contribution in [0.25, 0.3) is 33.8 Å². The Balaban J connectivity index is 1.89. The molecule has 0 fully saturated rings. The van der Waals surface area contributed by atoms with Gasteiger partial charge in [0, 0.05) is 16.7 Å². The van der Waals surface area contributed by atoms with Gasteiger partial charge >= 0.3 is 0 Å². The van der Waals surface area contributed by atoms with Crippen molar-refractivity contribution < 1.29 is 10.2 Å². The molecule has 0 saturated heterocycles. The summed E-state index contributed by atoms with van der Waals surface area (Å²) in [4.78, 5) is 9.48. The first kappa shape index (κ1) is 15.8. The second-order valence-corrected chi connectivity index (χ2v) is 5.91. The molecule has 2 N–H and O–H groups in total. The van der Waals surface area contributed by atoms with Crippen molar-refractivity contribution in [3.05, 3.63) is 85.1 Å². The summed E-state index contributed by atoms with van der Waals surface area (Å²) in [5.41, 5.74) is 4.96. The predicted octanol–water partition coefficient (Wildman–Crippen LogP) is 4.89. The van der Waals surface area contributed by atoms with E-state index in [1.54, 1.807) is 30.5 Å². The first-order valence-corrected chi connectivity index (χ1v) is 8.22. The largest absolute Gasteiger partial charge is 0.508 e. The van der Waals surface area contributed by atoms with Gasteiger partial charge in [0.15, 0.2) is 0 Å². The zero-order chi connectivity index (χ0) is 17.9. The Hall–Kier alpha value is -3.66. The Kier molecular flexibility index (Phi) is 4.07. The van der Waals surface area contributed by atoms with E-state index in [0.717, 1.165) is 33.8 Å². The molecular formula is C22H16N2O2. The molecule has 0 atom stereocenters. The summed E-state index contributed by atoms with van der Waals surface area (Å²) in [5, 5.41) is 19.0. The van der Waals surface area contributed by atoms with Crippen LogP contribution >= 0.6 is 0 Å². The van der Waals surface area contributed by atoms with Crippen LogP contribution in [0.2, 0.25) is 0 Å². The van der Waals surface area contributed by atoms with E-state index >= 15 is 0 Å². The van der Waals surface area contributed by atoms with Crippen LogP contribution in [0.4, 0.5) is 0 Å². The molecule has 4 heteroatoms. The molecular weight excluding hydrogens is 324 g/mol. The minimum absolute atomic E-state index is 0.212. The quantitative estimate of drug-likeness (QED) is 0.557. The fraction of sp³-hybridized carbons (Fsp3) is 0. The molecule has 4 nitrogen and oxygen atoms in total. The van der Waals surface area contributed by atoms with Crippen LogP contribution < -0.4 is 0 Å². The van der Waals surface area contributed by atoms with Gasteiger partial charge in [0.2, 0.25) is 0 Å². The molecule has 0 aliphatic rings. The van der Waals surface area contributed by atoms with Crippen molar-refractivity contribution in [2.24, 2.45) is 0 Å². The van der Waals surface area contributed by atoms with E-state index in [0.29, 0.717) is 0 Å². The summed E-state index contributed by atoms with van der Waals surface area (Å²) >= 11 is 0. The van der Waals surface area contributed by atoms with Crippen molar-refractivity contribution in [3.8, 4) is 45.3 Å². The zero-order valence-corrected chi connectivity index (χ0v) is 13.9. The van der Waals surface area contributed by atoms with Gasteiger partial charge in [-0.05, 0) is 48.5 Å². The van der Waals surface area contributed by atoms with Crippen LogP contribution in [-0.4, -0.2) is 20.2 Å². The molecule has 126 valence electrons. The Morgan fingerprint density at radius 3 is 1.69 bits per heavy atom. The molecule has 0 saturated carbocycles. The maximum atomic E-state index is 9.55. The van der Waals surface area contributed by atoms with E-state index < -0.39 is 0 Å². The van der Waals surface area contributed by atoms with Gasteiger partial charge in [0.1, 0.15) is 11.5 Å². The van der Waals surface area contributed by atoms with Gasteiger partial charge in [0.05, 0.1) is 23.3 Å². The van der Waals surface area contributed by atoms with Crippen LogP contribution in [-0.2, 0) is 0 Å². The van der Waals surface area contributed by atoms with Crippen LogP contribution in [0, 0.1) is 0 Å². The second-order valence-electron chi connectivity index (χ2n) is 5.91. The van der Waals surface area contributed by atoms with Crippen LogP contribution in [0.1, 0.15) is 0 Å². The first-order valence-electron chi connectivity index (χ1n) is 8.22. The average molecular weight is 340 g/mol. The normalized spacial score (nSPS) is 10.6. The zero-order valence-electron chi connectivity index (χ0n) is 13.9. The molecule has 26 heavy (non-hydrogen) atoms. The highest BCUT2D eigenvalue weighted by Crippen LogP contribution is 2.32. The maximum Gasteiger partial charge on any atom is 0.115 e. The van der Waals surface area contributed by atoms with Crippen molar-refractivity contribution in [1.82, 2.24) is 9.97 Å². The molecule has 1 aromatic heterocycles. The number of benzene rings is 3. The number of rotatable bonds is 3. The minimum atomic E-state index is 0.212. The third-order valence-corrected chi connectivity index (χ3v) is 4.12. The molecule has 0 aliphatic heterocycles. The molecule has 4 rings (SSSR count). The second kappa shape index (κ2) is 6.69. The van der Waals surface area contributed by atoms with E-state index in [-0.39, 0.29) is 11.5 Å². The molecule has 1 heterocycles. The third kappa shape index (κ3) is 3.13. The fourth-order valence-electron chi connectivity index (χ4n) is 2.79. The van der Waals surface area contributed by atoms with Gasteiger partial charge < -0.3 is 10.2 Å². The average Bonchev–Trinajstić information content (AvgIpc) is 2.69. The lowest BCUT2D eigenvalue weighted by Crippen LogP contribution is -1.96. The summed E-state index contributed by atoms with van der Waals surface area (Å²) in [6.07, 6.45) is 1.72. The number of hydrogen-bond donors (Lipinski definition) is 2. The SMILES string of the molecule is Oc1ccc(-c2cnc(-c3ccc(O)cc3)c(-c3ccccc3)n2)cc1.